The van der Waals surface area contributed by atoms with Crippen molar-refractivity contribution >= 4 is 79.7 Å². The van der Waals surface area contributed by atoms with Crippen LogP contribution in [0.4, 0.5) is 10.5 Å². The van der Waals surface area contributed by atoms with Gasteiger partial charge in [-0.05, 0) is 99.4 Å². The zero-order valence-corrected chi connectivity index (χ0v) is 23.2. The van der Waals surface area contributed by atoms with Gasteiger partial charge >= 0.3 is 6.03 Å². The smallest absolute Gasteiger partial charge is 0.335 e. The first-order valence-corrected chi connectivity index (χ1v) is 12.7. The molecule has 0 atom stereocenters. The number of ether oxygens (including phenoxy) is 1. The highest BCUT2D eigenvalue weighted by Gasteiger charge is 2.37. The Labute approximate surface area is 229 Å². The third-order valence-corrected chi connectivity index (χ3v) is 7.15. The minimum Gasteiger partial charge on any atom is -0.487 e. The van der Waals surface area contributed by atoms with Crippen molar-refractivity contribution in [1.82, 2.24) is 5.32 Å². The number of rotatable bonds is 5. The molecular weight excluding hydrogens is 647 g/mol. The highest BCUT2D eigenvalue weighted by Crippen LogP contribution is 2.34. The van der Waals surface area contributed by atoms with E-state index in [2.05, 4.69) is 43.8 Å². The Morgan fingerprint density at radius 3 is 2.43 bits per heavy atom. The predicted octanol–water partition coefficient (Wildman–Crippen LogP) is 6.57. The molecule has 1 fully saturated rings. The SMILES string of the molecule is Cc1ccc(COc2c(Br)cc(/C=C3/C(=O)NC(=O)N(c4ccc(C)c(Cl)c4)C3=O)cc2I)cc1. The summed E-state index contributed by atoms with van der Waals surface area (Å²) >= 11 is 11.8. The lowest BCUT2D eigenvalue weighted by molar-refractivity contribution is -0.122. The normalized spacial score (nSPS) is 14.9. The van der Waals surface area contributed by atoms with Crippen molar-refractivity contribution in [3.63, 3.8) is 0 Å². The molecule has 0 spiro atoms. The van der Waals surface area contributed by atoms with Crippen LogP contribution in [0, 0.1) is 17.4 Å². The fourth-order valence-electron chi connectivity index (χ4n) is 3.42. The number of imide groups is 2. The van der Waals surface area contributed by atoms with E-state index in [1.807, 2.05) is 38.1 Å². The summed E-state index contributed by atoms with van der Waals surface area (Å²) in [6.07, 6.45) is 1.45. The van der Waals surface area contributed by atoms with Gasteiger partial charge in [0.05, 0.1) is 13.7 Å². The second-order valence-corrected chi connectivity index (χ2v) is 10.4. The molecule has 0 saturated carbocycles. The molecule has 1 aliphatic heterocycles. The number of carbonyl (C=O) groups excluding carboxylic acids is 3. The van der Waals surface area contributed by atoms with Crippen molar-refractivity contribution in [3.8, 4) is 5.75 Å². The van der Waals surface area contributed by atoms with Crippen LogP contribution in [0.3, 0.4) is 0 Å². The molecule has 4 amide bonds. The third-order valence-electron chi connectivity index (χ3n) is 5.35. The van der Waals surface area contributed by atoms with Crippen LogP contribution in [0.2, 0.25) is 5.02 Å². The van der Waals surface area contributed by atoms with Gasteiger partial charge in [-0.3, -0.25) is 14.9 Å². The average Bonchev–Trinajstić information content (AvgIpc) is 2.79. The number of anilines is 1. The maximum Gasteiger partial charge on any atom is 0.335 e. The monoisotopic (exact) mass is 664 g/mol. The molecule has 0 aromatic heterocycles. The number of urea groups is 1. The van der Waals surface area contributed by atoms with Gasteiger partial charge in [-0.1, -0.05) is 47.5 Å². The first kappa shape index (κ1) is 25.4. The quantitative estimate of drug-likeness (QED) is 0.190. The summed E-state index contributed by atoms with van der Waals surface area (Å²) in [7, 11) is 0. The van der Waals surface area contributed by atoms with Gasteiger partial charge in [0.25, 0.3) is 11.8 Å². The second kappa shape index (κ2) is 10.5. The fourth-order valence-corrected chi connectivity index (χ4v) is 5.36. The molecule has 0 aliphatic carbocycles. The van der Waals surface area contributed by atoms with Gasteiger partial charge in [0.1, 0.15) is 17.9 Å². The van der Waals surface area contributed by atoms with Gasteiger partial charge in [-0.2, -0.15) is 0 Å². The van der Waals surface area contributed by atoms with Crippen LogP contribution < -0.4 is 15.0 Å². The van der Waals surface area contributed by atoms with Gasteiger partial charge in [0.2, 0.25) is 0 Å². The van der Waals surface area contributed by atoms with Crippen LogP contribution in [0.25, 0.3) is 6.08 Å². The molecule has 1 saturated heterocycles. The first-order chi connectivity index (χ1) is 16.6. The van der Waals surface area contributed by atoms with Crippen LogP contribution in [-0.4, -0.2) is 17.8 Å². The topological polar surface area (TPSA) is 75.7 Å². The number of nitrogens with zero attached hydrogens (tertiary/aromatic N) is 1. The summed E-state index contributed by atoms with van der Waals surface area (Å²) in [5.74, 6) is -0.844. The molecule has 0 unspecified atom stereocenters. The van der Waals surface area contributed by atoms with Crippen molar-refractivity contribution in [2.45, 2.75) is 20.5 Å². The van der Waals surface area contributed by atoms with Crippen LogP contribution in [0.5, 0.6) is 5.75 Å². The zero-order valence-electron chi connectivity index (χ0n) is 18.7. The lowest BCUT2D eigenvalue weighted by Crippen LogP contribution is -2.54. The van der Waals surface area contributed by atoms with Gasteiger partial charge in [0, 0.05) is 5.02 Å². The standard InChI is InChI=1S/C26H19BrClIN2O4/c1-14-3-6-16(7-4-14)13-35-23-20(27)10-17(11-22(23)29)9-19-24(32)30-26(34)31(25(19)33)18-8-5-15(2)21(28)12-18/h3-12H,13H2,1-2H3,(H,30,32,34)/b19-9-. The van der Waals surface area contributed by atoms with Crippen molar-refractivity contribution in [1.29, 1.82) is 0 Å². The molecule has 9 heteroatoms. The summed E-state index contributed by atoms with van der Waals surface area (Å²) in [6.45, 7) is 4.23. The van der Waals surface area contributed by atoms with E-state index in [1.54, 1.807) is 24.3 Å². The highest BCUT2D eigenvalue weighted by atomic mass is 127. The predicted molar refractivity (Wildman–Crippen MR) is 148 cm³/mol. The Kier molecular flexibility index (Phi) is 7.63. The number of nitrogens with one attached hydrogen (secondary N) is 1. The largest absolute Gasteiger partial charge is 0.487 e. The molecule has 3 aromatic carbocycles. The number of amides is 4. The molecule has 3 aromatic rings. The average molecular weight is 666 g/mol. The van der Waals surface area contributed by atoms with E-state index in [0.29, 0.717) is 27.4 Å². The van der Waals surface area contributed by atoms with E-state index in [9.17, 15) is 14.4 Å². The van der Waals surface area contributed by atoms with Crippen molar-refractivity contribution in [2.24, 2.45) is 0 Å². The van der Waals surface area contributed by atoms with E-state index in [4.69, 9.17) is 16.3 Å². The van der Waals surface area contributed by atoms with E-state index < -0.39 is 17.8 Å². The summed E-state index contributed by atoms with van der Waals surface area (Å²) in [4.78, 5) is 39.0. The van der Waals surface area contributed by atoms with Gasteiger partial charge in [-0.25, -0.2) is 9.69 Å². The van der Waals surface area contributed by atoms with Crippen molar-refractivity contribution in [2.75, 3.05) is 4.90 Å². The molecule has 35 heavy (non-hydrogen) atoms. The third kappa shape index (κ3) is 5.60. The number of hydrogen-bond acceptors (Lipinski definition) is 4. The molecule has 4 rings (SSSR count). The summed E-state index contributed by atoms with van der Waals surface area (Å²) in [6, 6.07) is 15.6. The van der Waals surface area contributed by atoms with Crippen molar-refractivity contribution in [3.05, 3.63) is 95.5 Å². The molecule has 178 valence electrons. The Bertz CT molecular complexity index is 1370. The number of carbonyl (C=O) groups is 3. The molecule has 1 aliphatic rings. The molecule has 6 nitrogen and oxygen atoms in total. The number of aryl methyl sites for hydroxylation is 2. The van der Waals surface area contributed by atoms with Crippen LogP contribution in [0.1, 0.15) is 22.3 Å². The minimum absolute atomic E-state index is 0.169. The highest BCUT2D eigenvalue weighted by molar-refractivity contribution is 14.1. The molecular formula is C26H19BrClIN2O4. The lowest BCUT2D eigenvalue weighted by atomic mass is 10.1. The summed E-state index contributed by atoms with van der Waals surface area (Å²) in [5.41, 5.74) is 3.72. The van der Waals surface area contributed by atoms with Crippen LogP contribution in [0.15, 0.2) is 64.6 Å². The number of halogens is 3. The molecule has 1 heterocycles. The maximum absolute atomic E-state index is 13.2. The Balaban J connectivity index is 1.61. The Morgan fingerprint density at radius 2 is 1.77 bits per heavy atom. The summed E-state index contributed by atoms with van der Waals surface area (Å²) < 4.78 is 7.47. The van der Waals surface area contributed by atoms with Gasteiger partial charge in [0.15, 0.2) is 0 Å². The second-order valence-electron chi connectivity index (χ2n) is 7.98. The number of barbiturate groups is 1. The van der Waals surface area contributed by atoms with Crippen LogP contribution >= 0.6 is 50.1 Å². The van der Waals surface area contributed by atoms with Crippen LogP contribution in [-0.2, 0) is 16.2 Å². The lowest BCUT2D eigenvalue weighted by Gasteiger charge is -2.26. The fraction of sp³-hybridized carbons (Fsp3) is 0.115. The molecule has 0 radical (unpaired) electrons. The van der Waals surface area contributed by atoms with E-state index in [-0.39, 0.29) is 11.3 Å². The number of hydrogen-bond donors (Lipinski definition) is 1. The number of benzene rings is 3. The van der Waals surface area contributed by atoms with Gasteiger partial charge in [-0.15, -0.1) is 0 Å². The Hall–Kier alpha value is -2.69. The maximum atomic E-state index is 13.2. The zero-order chi connectivity index (χ0) is 25.3. The molecule has 1 N–H and O–H groups in total. The summed E-state index contributed by atoms with van der Waals surface area (Å²) in [5, 5.41) is 2.63. The van der Waals surface area contributed by atoms with Gasteiger partial charge < -0.3 is 4.74 Å². The van der Waals surface area contributed by atoms with E-state index in [1.165, 1.54) is 17.7 Å². The first-order valence-electron chi connectivity index (χ1n) is 10.5. The minimum atomic E-state index is -0.826. The Morgan fingerprint density at radius 1 is 1.06 bits per heavy atom. The molecule has 0 bridgehead atoms. The van der Waals surface area contributed by atoms with Crippen molar-refractivity contribution < 1.29 is 19.1 Å². The van der Waals surface area contributed by atoms with E-state index in [0.717, 1.165) is 19.6 Å². The van der Waals surface area contributed by atoms with E-state index >= 15 is 0 Å².